The highest BCUT2D eigenvalue weighted by Crippen LogP contribution is 2.32. The van der Waals surface area contributed by atoms with Crippen molar-refractivity contribution in [1.82, 2.24) is 9.88 Å². The summed E-state index contributed by atoms with van der Waals surface area (Å²) >= 11 is 0. The van der Waals surface area contributed by atoms with Crippen molar-refractivity contribution in [3.63, 3.8) is 0 Å². The van der Waals surface area contributed by atoms with Crippen LogP contribution in [0.3, 0.4) is 0 Å². The lowest BCUT2D eigenvalue weighted by molar-refractivity contribution is -0.122. The number of aryl methyl sites for hydroxylation is 1. The number of aromatic hydroxyl groups is 1. The molecule has 0 spiro atoms. The van der Waals surface area contributed by atoms with Gasteiger partial charge in [0.1, 0.15) is 23.9 Å². The fourth-order valence-electron chi connectivity index (χ4n) is 3.28. The van der Waals surface area contributed by atoms with E-state index in [2.05, 4.69) is 5.32 Å². The number of nitrogens with one attached hydrogen (secondary N) is 1. The highest BCUT2D eigenvalue weighted by atomic mass is 19.1. The molecule has 132 valence electrons. The largest absolute Gasteiger partial charge is 0.508 e. The van der Waals surface area contributed by atoms with Crippen LogP contribution in [0.5, 0.6) is 5.75 Å². The number of fused-ring (bicyclic) bond motifs is 1. The van der Waals surface area contributed by atoms with Crippen LogP contribution in [0.4, 0.5) is 8.78 Å². The van der Waals surface area contributed by atoms with Gasteiger partial charge in [-0.05, 0) is 49.4 Å². The fraction of sp³-hybridized carbons (Fsp3) is 0.333. The molecule has 3 rings (SSSR count). The molecule has 2 N–H and O–H groups in total. The van der Waals surface area contributed by atoms with Crippen molar-refractivity contribution in [3.05, 3.63) is 63.1 Å². The van der Waals surface area contributed by atoms with Gasteiger partial charge in [-0.3, -0.25) is 9.59 Å². The molecule has 1 amide bonds. The lowest BCUT2D eigenvalue weighted by atomic mass is 9.87. The van der Waals surface area contributed by atoms with Crippen LogP contribution in [0, 0.1) is 18.6 Å². The van der Waals surface area contributed by atoms with E-state index >= 15 is 0 Å². The van der Waals surface area contributed by atoms with Gasteiger partial charge < -0.3 is 15.0 Å². The zero-order valence-electron chi connectivity index (χ0n) is 13.7. The van der Waals surface area contributed by atoms with Gasteiger partial charge in [0.25, 0.3) is 5.56 Å². The predicted molar refractivity (Wildman–Crippen MR) is 87.3 cm³/mol. The highest BCUT2D eigenvalue weighted by molar-refractivity contribution is 5.76. The molecule has 1 aliphatic rings. The Morgan fingerprint density at radius 2 is 2.08 bits per heavy atom. The Morgan fingerprint density at radius 3 is 2.80 bits per heavy atom. The number of amides is 1. The SMILES string of the molecule is Cc1cc(O)cc(=O)n1CC(=O)N[C@@H]1CCCc2c(F)cc(F)cc21. The number of hydrogen-bond donors (Lipinski definition) is 2. The molecule has 0 saturated heterocycles. The molecule has 7 heteroatoms. The van der Waals surface area contributed by atoms with Gasteiger partial charge in [-0.2, -0.15) is 0 Å². The van der Waals surface area contributed by atoms with Crippen molar-refractivity contribution in [3.8, 4) is 5.75 Å². The molecule has 0 bridgehead atoms. The monoisotopic (exact) mass is 348 g/mol. The topological polar surface area (TPSA) is 71.3 Å². The first-order chi connectivity index (χ1) is 11.8. The van der Waals surface area contributed by atoms with Crippen LogP contribution in [0.1, 0.15) is 35.7 Å². The summed E-state index contributed by atoms with van der Waals surface area (Å²) in [6, 6.07) is 4.02. The lowest BCUT2D eigenvalue weighted by Crippen LogP contribution is -2.36. The van der Waals surface area contributed by atoms with Crippen LogP contribution in [-0.2, 0) is 17.8 Å². The van der Waals surface area contributed by atoms with E-state index in [0.29, 0.717) is 36.1 Å². The number of aromatic nitrogens is 1. The number of halogens is 2. The Morgan fingerprint density at radius 1 is 1.32 bits per heavy atom. The molecule has 0 fully saturated rings. The van der Waals surface area contributed by atoms with Crippen LogP contribution in [0.25, 0.3) is 0 Å². The molecule has 5 nitrogen and oxygen atoms in total. The van der Waals surface area contributed by atoms with E-state index in [-0.39, 0.29) is 12.3 Å². The second-order valence-electron chi connectivity index (χ2n) is 6.25. The maximum atomic E-state index is 13.9. The maximum Gasteiger partial charge on any atom is 0.254 e. The van der Waals surface area contributed by atoms with E-state index in [1.54, 1.807) is 6.92 Å². The molecule has 1 heterocycles. The van der Waals surface area contributed by atoms with Crippen LogP contribution < -0.4 is 10.9 Å². The Balaban J connectivity index is 1.81. The highest BCUT2D eigenvalue weighted by Gasteiger charge is 2.25. The van der Waals surface area contributed by atoms with Gasteiger partial charge in [0.2, 0.25) is 5.91 Å². The third-order valence-corrected chi connectivity index (χ3v) is 4.45. The van der Waals surface area contributed by atoms with Crippen LogP contribution in [0.15, 0.2) is 29.1 Å². The quantitative estimate of drug-likeness (QED) is 0.894. The van der Waals surface area contributed by atoms with Gasteiger partial charge >= 0.3 is 0 Å². The summed E-state index contributed by atoms with van der Waals surface area (Å²) in [5, 5.41) is 12.1. The van der Waals surface area contributed by atoms with Crippen molar-refractivity contribution in [2.24, 2.45) is 0 Å². The predicted octanol–water partition coefficient (Wildman–Crippen LogP) is 2.33. The van der Waals surface area contributed by atoms with Crippen LogP contribution in [0.2, 0.25) is 0 Å². The zero-order chi connectivity index (χ0) is 18.1. The van der Waals surface area contributed by atoms with Crippen molar-refractivity contribution in [1.29, 1.82) is 0 Å². The van der Waals surface area contributed by atoms with E-state index in [1.165, 1.54) is 16.7 Å². The average molecular weight is 348 g/mol. The molecule has 1 aromatic heterocycles. The molecule has 1 aliphatic carbocycles. The number of pyridine rings is 1. The summed E-state index contributed by atoms with van der Waals surface area (Å²) < 4.78 is 28.7. The van der Waals surface area contributed by atoms with Gasteiger partial charge in [-0.25, -0.2) is 8.78 Å². The summed E-state index contributed by atoms with van der Waals surface area (Å²) in [6.07, 6.45) is 1.76. The van der Waals surface area contributed by atoms with Crippen molar-refractivity contribution in [2.75, 3.05) is 0 Å². The summed E-state index contributed by atoms with van der Waals surface area (Å²) in [4.78, 5) is 24.2. The summed E-state index contributed by atoms with van der Waals surface area (Å²) in [5.74, 6) is -1.87. The Labute approximate surface area is 142 Å². The maximum absolute atomic E-state index is 13.9. The number of carbonyl (C=O) groups is 1. The zero-order valence-corrected chi connectivity index (χ0v) is 13.7. The molecule has 1 atom stereocenters. The number of nitrogens with zero attached hydrogens (tertiary/aromatic N) is 1. The van der Waals surface area contributed by atoms with Gasteiger partial charge in [-0.15, -0.1) is 0 Å². The van der Waals surface area contributed by atoms with Gasteiger partial charge in [-0.1, -0.05) is 0 Å². The van der Waals surface area contributed by atoms with E-state index in [9.17, 15) is 23.5 Å². The second kappa shape index (κ2) is 6.66. The minimum atomic E-state index is -0.678. The first-order valence-electron chi connectivity index (χ1n) is 8.03. The Bertz CT molecular complexity index is 893. The van der Waals surface area contributed by atoms with Crippen LogP contribution in [-0.4, -0.2) is 15.6 Å². The van der Waals surface area contributed by atoms with Crippen molar-refractivity contribution in [2.45, 2.75) is 38.8 Å². The fourth-order valence-corrected chi connectivity index (χ4v) is 3.28. The van der Waals surface area contributed by atoms with Gasteiger partial charge in [0.05, 0.1) is 6.04 Å². The Hall–Kier alpha value is -2.70. The van der Waals surface area contributed by atoms with Crippen molar-refractivity contribution < 1.29 is 18.7 Å². The first kappa shape index (κ1) is 17.1. The Kier molecular flexibility index (Phi) is 4.57. The van der Waals surface area contributed by atoms with E-state index in [4.69, 9.17) is 0 Å². The molecule has 0 unspecified atom stereocenters. The molecular formula is C18H18F2N2O3. The number of carbonyl (C=O) groups excluding carboxylic acids is 1. The third-order valence-electron chi connectivity index (χ3n) is 4.45. The first-order valence-corrected chi connectivity index (χ1v) is 8.03. The molecule has 2 aromatic rings. The summed E-state index contributed by atoms with van der Waals surface area (Å²) in [6.45, 7) is 1.38. The number of benzene rings is 1. The van der Waals surface area contributed by atoms with Crippen molar-refractivity contribution >= 4 is 5.91 Å². The molecule has 25 heavy (non-hydrogen) atoms. The average Bonchev–Trinajstić information content (AvgIpc) is 2.51. The van der Waals surface area contributed by atoms with E-state index < -0.39 is 29.1 Å². The molecule has 1 aromatic carbocycles. The third kappa shape index (κ3) is 3.55. The standard InChI is InChI=1S/C18H18F2N2O3/c1-10-5-12(23)8-18(25)22(10)9-17(24)21-16-4-2-3-13-14(16)6-11(19)7-15(13)20/h5-8,16,23H,2-4,9H2,1H3,(H,21,24)/t16-/m1/s1. The lowest BCUT2D eigenvalue weighted by Gasteiger charge is -2.27. The van der Waals surface area contributed by atoms with E-state index in [1.807, 2.05) is 0 Å². The second-order valence-corrected chi connectivity index (χ2v) is 6.25. The molecule has 0 saturated carbocycles. The smallest absolute Gasteiger partial charge is 0.254 e. The summed E-state index contributed by atoms with van der Waals surface area (Å²) in [7, 11) is 0. The van der Waals surface area contributed by atoms with E-state index in [0.717, 1.165) is 12.1 Å². The molecular weight excluding hydrogens is 330 g/mol. The van der Waals surface area contributed by atoms with Gasteiger partial charge in [0, 0.05) is 17.8 Å². The normalized spacial score (nSPS) is 16.4. The summed E-state index contributed by atoms with van der Waals surface area (Å²) in [5.41, 5.74) is 0.831. The minimum absolute atomic E-state index is 0.161. The number of hydrogen-bond acceptors (Lipinski definition) is 3. The minimum Gasteiger partial charge on any atom is -0.508 e. The van der Waals surface area contributed by atoms with Crippen LogP contribution >= 0.6 is 0 Å². The molecule has 0 aliphatic heterocycles. The molecule has 0 radical (unpaired) electrons. The number of rotatable bonds is 3. The van der Waals surface area contributed by atoms with Gasteiger partial charge in [0.15, 0.2) is 0 Å².